The zero-order valence-electron chi connectivity index (χ0n) is 5.51. The van der Waals surface area contributed by atoms with Crippen molar-refractivity contribution in [2.45, 2.75) is 22.3 Å². The van der Waals surface area contributed by atoms with Crippen molar-refractivity contribution in [3.63, 3.8) is 0 Å². The fourth-order valence-electron chi connectivity index (χ4n) is 0.406. The van der Waals surface area contributed by atoms with Crippen LogP contribution < -0.4 is 0 Å². The Labute approximate surface area is 52.3 Å². The number of carboxylic acid groups (broad SMARTS) is 1. The van der Waals surface area contributed by atoms with Crippen LogP contribution in [0.4, 0.5) is 0 Å². The van der Waals surface area contributed by atoms with Gasteiger partial charge in [-0.25, -0.2) is 0 Å². The van der Waals surface area contributed by atoms with E-state index in [2.05, 4.69) is 17.1 Å². The molecule has 2 nitrogen and oxygen atoms in total. The van der Waals surface area contributed by atoms with Gasteiger partial charge in [-0.05, 0) is 0 Å². The maximum absolute atomic E-state index is 10.1. The van der Waals surface area contributed by atoms with Gasteiger partial charge in [-0.15, -0.1) is 0 Å². The monoisotopic (exact) mass is 179 g/mol. The van der Waals surface area contributed by atoms with Crippen LogP contribution in [0.25, 0.3) is 0 Å². The van der Waals surface area contributed by atoms with Crippen LogP contribution >= 0.6 is 0 Å². The molecule has 0 saturated heterocycles. The third kappa shape index (κ3) is 6.03. The van der Waals surface area contributed by atoms with E-state index >= 15 is 0 Å². The minimum atomic E-state index is -1.61. The fraction of sp³-hybridized carbons (Fsp3) is 0.800. The Morgan fingerprint density at radius 3 is 1.88 bits per heavy atom. The summed E-state index contributed by atoms with van der Waals surface area (Å²) >= 11 is -1.61. The van der Waals surface area contributed by atoms with E-state index in [1.165, 1.54) is 0 Å². The number of hydrogen-bond donors (Lipinski definition) is 1. The number of carbonyl (C=O) groups is 1. The molecule has 0 fully saturated rings. The molecule has 48 valence electrons. The molecule has 0 unspecified atom stereocenters. The molecule has 0 atom stereocenters. The summed E-state index contributed by atoms with van der Waals surface area (Å²) in [6.07, 6.45) is 0. The summed E-state index contributed by atoms with van der Waals surface area (Å²) in [6, 6.07) is 0. The van der Waals surface area contributed by atoms with Crippen LogP contribution in [0.2, 0.25) is 22.3 Å². The first-order valence-corrected chi connectivity index (χ1v) is 9.40. The molecule has 3 heteroatoms. The van der Waals surface area contributed by atoms with Gasteiger partial charge < -0.3 is 0 Å². The Hall–Kier alpha value is 0.0284. The van der Waals surface area contributed by atoms with Crippen LogP contribution in [0, 0.1) is 0 Å². The predicted octanol–water partition coefficient (Wildman–Crippen LogP) is 1.41. The molecule has 0 aliphatic carbocycles. The Balaban J connectivity index is 3.55. The van der Waals surface area contributed by atoms with Gasteiger partial charge in [-0.3, -0.25) is 0 Å². The average molecular weight is 179 g/mol. The Morgan fingerprint density at radius 2 is 1.88 bits per heavy atom. The Kier molecular flexibility index (Phi) is 2.55. The van der Waals surface area contributed by atoms with Gasteiger partial charge in [0.05, 0.1) is 0 Å². The zero-order valence-corrected chi connectivity index (χ0v) is 7.39. The minimum absolute atomic E-state index is 0.415. The van der Waals surface area contributed by atoms with E-state index in [0.29, 0.717) is 5.21 Å². The van der Waals surface area contributed by atoms with Crippen LogP contribution in [0.3, 0.4) is 0 Å². The Bertz CT molecular complexity index is 93.1. The standard InChI is InChI=1S/C5H11AsO2/c1-6(2,3)4-5(7)8/h4H2,1-3H3/p+1. The molecule has 0 aromatic heterocycles. The van der Waals surface area contributed by atoms with Gasteiger partial charge in [0.1, 0.15) is 0 Å². The van der Waals surface area contributed by atoms with Crippen molar-refractivity contribution >= 4 is 19.5 Å². The van der Waals surface area contributed by atoms with Crippen molar-refractivity contribution in [1.82, 2.24) is 0 Å². The van der Waals surface area contributed by atoms with Crippen molar-refractivity contribution < 1.29 is 9.90 Å². The quantitative estimate of drug-likeness (QED) is 0.650. The summed E-state index contributed by atoms with van der Waals surface area (Å²) in [4.78, 5) is 10.1. The SMILES string of the molecule is C[As+](C)(C)CC(=O)O. The van der Waals surface area contributed by atoms with Gasteiger partial charge in [-0.1, -0.05) is 0 Å². The molecule has 0 rings (SSSR count). The summed E-state index contributed by atoms with van der Waals surface area (Å²) < 4.78 is 0. The predicted molar refractivity (Wildman–Crippen MR) is 35.8 cm³/mol. The van der Waals surface area contributed by atoms with Gasteiger partial charge >= 0.3 is 51.8 Å². The second kappa shape index (κ2) is 2.54. The van der Waals surface area contributed by atoms with Gasteiger partial charge in [-0.2, -0.15) is 0 Å². The normalized spacial score (nSPS) is 11.4. The van der Waals surface area contributed by atoms with Crippen molar-refractivity contribution in [3.8, 4) is 0 Å². The van der Waals surface area contributed by atoms with E-state index in [0.717, 1.165) is 0 Å². The van der Waals surface area contributed by atoms with Crippen LogP contribution in [-0.4, -0.2) is 24.6 Å². The third-order valence-corrected chi connectivity index (χ3v) is 3.17. The van der Waals surface area contributed by atoms with Crippen LogP contribution in [-0.2, 0) is 4.79 Å². The molecule has 0 spiro atoms. The van der Waals surface area contributed by atoms with E-state index in [-0.39, 0.29) is 0 Å². The van der Waals surface area contributed by atoms with Gasteiger partial charge in [0, 0.05) is 0 Å². The molecule has 0 radical (unpaired) electrons. The molecule has 0 bridgehead atoms. The van der Waals surface area contributed by atoms with Crippen molar-refractivity contribution in [2.24, 2.45) is 0 Å². The summed E-state index contributed by atoms with van der Waals surface area (Å²) in [5.41, 5.74) is 6.23. The molecule has 0 aliphatic heterocycles. The second-order valence-corrected chi connectivity index (χ2v) is 13.1. The molecule has 1 N–H and O–H groups in total. The van der Waals surface area contributed by atoms with E-state index in [1.807, 2.05) is 0 Å². The molecular weight excluding hydrogens is 167 g/mol. The summed E-state index contributed by atoms with van der Waals surface area (Å²) in [7, 11) is 0. The number of aliphatic carboxylic acids is 1. The van der Waals surface area contributed by atoms with Crippen molar-refractivity contribution in [2.75, 3.05) is 0 Å². The number of rotatable bonds is 2. The van der Waals surface area contributed by atoms with Gasteiger partial charge in [0.2, 0.25) is 0 Å². The molecule has 0 heterocycles. The molecule has 0 amide bonds. The summed E-state index contributed by atoms with van der Waals surface area (Å²) in [5.74, 6) is -0.648. The molecule has 0 aliphatic rings. The second-order valence-electron chi connectivity index (χ2n) is 2.84. The molecular formula is C5H12AsO2+. The van der Waals surface area contributed by atoms with Crippen LogP contribution in [0.1, 0.15) is 0 Å². The van der Waals surface area contributed by atoms with Crippen LogP contribution in [0.15, 0.2) is 0 Å². The van der Waals surface area contributed by atoms with Crippen molar-refractivity contribution in [1.29, 1.82) is 0 Å². The molecule has 0 saturated carbocycles. The molecule has 0 aromatic carbocycles. The van der Waals surface area contributed by atoms with E-state index in [4.69, 9.17) is 5.11 Å². The fourth-order valence-corrected chi connectivity index (χ4v) is 2.11. The van der Waals surface area contributed by atoms with E-state index < -0.39 is 19.5 Å². The van der Waals surface area contributed by atoms with Gasteiger partial charge in [0.15, 0.2) is 0 Å². The zero-order chi connectivity index (χ0) is 6.78. The molecule has 8 heavy (non-hydrogen) atoms. The van der Waals surface area contributed by atoms with E-state index in [1.54, 1.807) is 0 Å². The van der Waals surface area contributed by atoms with Crippen molar-refractivity contribution in [3.05, 3.63) is 0 Å². The first kappa shape index (κ1) is 8.03. The van der Waals surface area contributed by atoms with Gasteiger partial charge in [0.25, 0.3) is 0 Å². The first-order chi connectivity index (χ1) is 3.42. The summed E-state index contributed by atoms with van der Waals surface area (Å²) in [5, 5.41) is 8.71. The first-order valence-electron chi connectivity index (χ1n) is 2.44. The number of hydrogen-bond acceptors (Lipinski definition) is 1. The molecule has 0 aromatic rings. The number of carboxylic acids is 1. The average Bonchev–Trinajstić information content (AvgIpc) is 1.21. The Morgan fingerprint density at radius 1 is 1.50 bits per heavy atom. The third-order valence-electron chi connectivity index (χ3n) is 0.610. The van der Waals surface area contributed by atoms with Crippen LogP contribution in [0.5, 0.6) is 0 Å². The summed E-state index contributed by atoms with van der Waals surface area (Å²) in [6.45, 7) is 0. The topological polar surface area (TPSA) is 37.3 Å². The van der Waals surface area contributed by atoms with E-state index in [9.17, 15) is 4.79 Å². The maximum atomic E-state index is 10.1.